The van der Waals surface area contributed by atoms with E-state index in [9.17, 15) is 0 Å². The van der Waals surface area contributed by atoms with Crippen LogP contribution in [0.25, 0.3) is 0 Å². The molecule has 17 heavy (non-hydrogen) atoms. The fourth-order valence-corrected chi connectivity index (χ4v) is 2.68. The van der Waals surface area contributed by atoms with Crippen molar-refractivity contribution in [2.75, 3.05) is 6.54 Å². The Morgan fingerprint density at radius 3 is 2.88 bits per heavy atom. The first-order chi connectivity index (χ1) is 8.25. The van der Waals surface area contributed by atoms with Gasteiger partial charge in [0.25, 0.3) is 0 Å². The van der Waals surface area contributed by atoms with Crippen LogP contribution < -0.4 is 5.32 Å². The van der Waals surface area contributed by atoms with Gasteiger partial charge in [-0.05, 0) is 48.1 Å². The largest absolute Gasteiger partial charge is 0.312 e. The molecule has 1 heterocycles. The number of hydrogen-bond acceptors (Lipinski definition) is 2. The second kappa shape index (κ2) is 6.20. The third kappa shape index (κ3) is 3.84. The van der Waals surface area contributed by atoms with Crippen LogP contribution in [0.2, 0.25) is 5.02 Å². The molecule has 3 heteroatoms. The molecular weight excluding hydrogens is 250 g/mol. The minimum atomic E-state index is 0.810. The molecule has 0 aliphatic rings. The number of aryl methyl sites for hydroxylation is 1. The van der Waals surface area contributed by atoms with Gasteiger partial charge in [-0.2, -0.15) is 0 Å². The van der Waals surface area contributed by atoms with E-state index in [0.717, 1.165) is 24.5 Å². The van der Waals surface area contributed by atoms with Crippen molar-refractivity contribution in [1.82, 2.24) is 5.32 Å². The Morgan fingerprint density at radius 1 is 1.29 bits per heavy atom. The lowest BCUT2D eigenvalue weighted by Crippen LogP contribution is -2.16. The molecule has 1 aromatic carbocycles. The molecule has 0 amide bonds. The van der Waals surface area contributed by atoms with E-state index in [-0.39, 0.29) is 0 Å². The summed E-state index contributed by atoms with van der Waals surface area (Å²) in [6, 6.07) is 10.3. The molecule has 1 nitrogen and oxygen atoms in total. The molecule has 2 aromatic rings. The average molecular weight is 266 g/mol. The van der Waals surface area contributed by atoms with Crippen molar-refractivity contribution in [1.29, 1.82) is 0 Å². The van der Waals surface area contributed by atoms with Gasteiger partial charge in [0.1, 0.15) is 0 Å². The molecule has 1 N–H and O–H groups in total. The predicted octanol–water partition coefficient (Wildman–Crippen LogP) is 4.04. The summed E-state index contributed by atoms with van der Waals surface area (Å²) in [5.74, 6) is 0. The van der Waals surface area contributed by atoms with Crippen molar-refractivity contribution in [2.24, 2.45) is 0 Å². The maximum absolute atomic E-state index is 5.93. The third-order valence-electron chi connectivity index (χ3n) is 2.75. The Kier molecular flexibility index (Phi) is 4.60. The van der Waals surface area contributed by atoms with Crippen LogP contribution in [-0.2, 0) is 13.0 Å². The Balaban J connectivity index is 1.78. The van der Waals surface area contributed by atoms with E-state index >= 15 is 0 Å². The van der Waals surface area contributed by atoms with Gasteiger partial charge in [0.2, 0.25) is 0 Å². The van der Waals surface area contributed by atoms with Gasteiger partial charge < -0.3 is 5.32 Å². The van der Waals surface area contributed by atoms with Crippen LogP contribution >= 0.6 is 22.9 Å². The van der Waals surface area contributed by atoms with Crippen LogP contribution in [0, 0.1) is 6.92 Å². The zero-order chi connectivity index (χ0) is 12.1. The van der Waals surface area contributed by atoms with Crippen LogP contribution in [0.3, 0.4) is 0 Å². The van der Waals surface area contributed by atoms with Gasteiger partial charge in [0, 0.05) is 23.0 Å². The zero-order valence-electron chi connectivity index (χ0n) is 9.87. The number of thiophene rings is 1. The summed E-state index contributed by atoms with van der Waals surface area (Å²) in [5, 5.41) is 6.40. The molecule has 90 valence electrons. The molecule has 0 fully saturated rings. The first kappa shape index (κ1) is 12.6. The Morgan fingerprint density at radius 2 is 2.18 bits per heavy atom. The van der Waals surface area contributed by atoms with Crippen LogP contribution in [-0.4, -0.2) is 6.54 Å². The van der Waals surface area contributed by atoms with Crippen molar-refractivity contribution in [3.8, 4) is 0 Å². The lowest BCUT2D eigenvalue weighted by molar-refractivity contribution is 0.688. The molecule has 0 aliphatic heterocycles. The molecule has 0 atom stereocenters. The van der Waals surface area contributed by atoms with Crippen LogP contribution in [0.15, 0.2) is 35.7 Å². The van der Waals surface area contributed by atoms with Gasteiger partial charge in [-0.3, -0.25) is 0 Å². The van der Waals surface area contributed by atoms with Gasteiger partial charge in [-0.25, -0.2) is 0 Å². The monoisotopic (exact) mass is 265 g/mol. The summed E-state index contributed by atoms with van der Waals surface area (Å²) in [7, 11) is 0. The van der Waals surface area contributed by atoms with Crippen LogP contribution in [0.4, 0.5) is 0 Å². The molecule has 0 saturated carbocycles. The van der Waals surface area contributed by atoms with E-state index in [2.05, 4.69) is 35.8 Å². The van der Waals surface area contributed by atoms with Gasteiger partial charge >= 0.3 is 0 Å². The normalized spacial score (nSPS) is 10.7. The van der Waals surface area contributed by atoms with Gasteiger partial charge in [-0.1, -0.05) is 23.7 Å². The van der Waals surface area contributed by atoms with Crippen LogP contribution in [0.1, 0.15) is 16.0 Å². The highest BCUT2D eigenvalue weighted by molar-refractivity contribution is 7.09. The zero-order valence-corrected chi connectivity index (χ0v) is 11.4. The van der Waals surface area contributed by atoms with Crippen molar-refractivity contribution in [3.05, 3.63) is 56.7 Å². The molecule has 0 unspecified atom stereocenters. The summed E-state index contributed by atoms with van der Waals surface area (Å²) < 4.78 is 0. The quantitative estimate of drug-likeness (QED) is 0.805. The van der Waals surface area contributed by atoms with E-state index in [1.807, 2.05) is 23.5 Å². The SMILES string of the molecule is Cc1cc(Cl)ccc1CNCCc1cccs1. The molecule has 0 spiro atoms. The van der Waals surface area contributed by atoms with Gasteiger partial charge in [0.15, 0.2) is 0 Å². The second-order valence-electron chi connectivity index (χ2n) is 4.08. The van der Waals surface area contributed by atoms with E-state index in [4.69, 9.17) is 11.6 Å². The number of rotatable bonds is 5. The first-order valence-electron chi connectivity index (χ1n) is 5.74. The highest BCUT2D eigenvalue weighted by Crippen LogP contribution is 2.15. The molecule has 1 aromatic heterocycles. The highest BCUT2D eigenvalue weighted by atomic mass is 35.5. The lowest BCUT2D eigenvalue weighted by Gasteiger charge is -2.07. The summed E-state index contributed by atoms with van der Waals surface area (Å²) >= 11 is 7.74. The summed E-state index contributed by atoms with van der Waals surface area (Å²) in [6.45, 7) is 4.03. The smallest absolute Gasteiger partial charge is 0.0408 e. The van der Waals surface area contributed by atoms with Gasteiger partial charge in [0.05, 0.1) is 0 Å². The van der Waals surface area contributed by atoms with Crippen molar-refractivity contribution >= 4 is 22.9 Å². The summed E-state index contributed by atoms with van der Waals surface area (Å²) in [5.41, 5.74) is 2.57. The molecule has 0 bridgehead atoms. The van der Waals surface area contributed by atoms with Crippen LogP contribution in [0.5, 0.6) is 0 Å². The second-order valence-corrected chi connectivity index (χ2v) is 5.55. The number of halogens is 1. The highest BCUT2D eigenvalue weighted by Gasteiger charge is 1.99. The van der Waals surface area contributed by atoms with Crippen molar-refractivity contribution in [2.45, 2.75) is 19.9 Å². The Bertz CT molecular complexity index is 465. The van der Waals surface area contributed by atoms with Crippen molar-refractivity contribution in [3.63, 3.8) is 0 Å². The molecule has 0 aliphatic carbocycles. The van der Waals surface area contributed by atoms with E-state index in [1.54, 1.807) is 0 Å². The number of hydrogen-bond donors (Lipinski definition) is 1. The predicted molar refractivity (Wildman–Crippen MR) is 75.9 cm³/mol. The van der Waals surface area contributed by atoms with Gasteiger partial charge in [-0.15, -0.1) is 11.3 Å². The fraction of sp³-hybridized carbons (Fsp3) is 0.286. The average Bonchev–Trinajstić information content (AvgIpc) is 2.79. The summed E-state index contributed by atoms with van der Waals surface area (Å²) in [6.07, 6.45) is 1.10. The molecule has 0 radical (unpaired) electrons. The number of benzene rings is 1. The molecular formula is C14H16ClNS. The standard InChI is InChI=1S/C14H16ClNS/c1-11-9-13(15)5-4-12(11)10-16-7-6-14-3-2-8-17-14/h2-5,8-9,16H,6-7,10H2,1H3. The summed E-state index contributed by atoms with van der Waals surface area (Å²) in [4.78, 5) is 1.44. The topological polar surface area (TPSA) is 12.0 Å². The maximum Gasteiger partial charge on any atom is 0.0408 e. The fourth-order valence-electron chi connectivity index (χ4n) is 1.75. The molecule has 0 saturated heterocycles. The first-order valence-corrected chi connectivity index (χ1v) is 6.99. The van der Waals surface area contributed by atoms with Crippen molar-refractivity contribution < 1.29 is 0 Å². The van der Waals surface area contributed by atoms with E-state index in [0.29, 0.717) is 0 Å². The Hall–Kier alpha value is -0.830. The van der Waals surface area contributed by atoms with E-state index in [1.165, 1.54) is 16.0 Å². The maximum atomic E-state index is 5.93. The molecule has 2 rings (SSSR count). The minimum Gasteiger partial charge on any atom is -0.312 e. The minimum absolute atomic E-state index is 0.810. The Labute approximate surface area is 111 Å². The van der Waals surface area contributed by atoms with E-state index < -0.39 is 0 Å². The third-order valence-corrected chi connectivity index (χ3v) is 3.92. The lowest BCUT2D eigenvalue weighted by atomic mass is 10.1. The number of nitrogens with one attached hydrogen (secondary N) is 1.